The molecule has 0 radical (unpaired) electrons. The minimum absolute atomic E-state index is 0.0211. The molecule has 2 aliphatic rings. The number of hydrogen-bond acceptors (Lipinski definition) is 12. The topological polar surface area (TPSA) is 194 Å². The first-order valence-electron chi connectivity index (χ1n) is 21.0. The molecular formula is C40H76N2O12. The van der Waals surface area contributed by atoms with Gasteiger partial charge in [-0.05, 0) is 53.4 Å². The molecule has 1 unspecified atom stereocenters. The van der Waals surface area contributed by atoms with Gasteiger partial charge in [-0.25, -0.2) is 0 Å². The van der Waals surface area contributed by atoms with Crippen molar-refractivity contribution in [2.75, 3.05) is 39.5 Å². The molecule has 0 aromatic rings. The standard InChI is InChI=1S/C40H76N2O12/c1-29(51-39-35(45)27-33(43)31(3)53-39)17-13-9-5-7-11-15-19-37(47)41-21-23-49-25-26-50-24-22-42-38(48)20-16-12-8-6-10-14-18-30(2)52-40-36(46)28-34(44)32(4)54-40/h29-36,39-40,43-46H,5-28H2,1-4H3,(H,41,47)(H,42,48)/t29-,30-,31-,32+,33+,34-,35+,36-,39?,40-/m1/s1. The van der Waals surface area contributed by atoms with Crippen molar-refractivity contribution in [3.8, 4) is 0 Å². The summed E-state index contributed by atoms with van der Waals surface area (Å²) < 4.78 is 33.9. The van der Waals surface area contributed by atoms with Gasteiger partial charge in [-0.3, -0.25) is 9.59 Å². The summed E-state index contributed by atoms with van der Waals surface area (Å²) in [5.41, 5.74) is 0. The third kappa shape index (κ3) is 22.9. The van der Waals surface area contributed by atoms with Gasteiger partial charge >= 0.3 is 0 Å². The summed E-state index contributed by atoms with van der Waals surface area (Å²) in [6.45, 7) is 10.2. The van der Waals surface area contributed by atoms with Gasteiger partial charge in [-0.2, -0.15) is 0 Å². The Balaban J connectivity index is 1.26. The first-order valence-corrected chi connectivity index (χ1v) is 21.0. The Hall–Kier alpha value is -1.46. The Morgan fingerprint density at radius 3 is 1.30 bits per heavy atom. The van der Waals surface area contributed by atoms with Gasteiger partial charge in [-0.1, -0.05) is 64.2 Å². The molecule has 0 aromatic heterocycles. The largest absolute Gasteiger partial charge is 0.390 e. The van der Waals surface area contributed by atoms with Crippen molar-refractivity contribution in [3.05, 3.63) is 0 Å². The lowest BCUT2D eigenvalue weighted by Gasteiger charge is -2.36. The maximum Gasteiger partial charge on any atom is 0.220 e. The van der Waals surface area contributed by atoms with E-state index >= 15 is 0 Å². The Morgan fingerprint density at radius 2 is 0.907 bits per heavy atom. The van der Waals surface area contributed by atoms with E-state index in [0.717, 1.165) is 89.9 Å². The molecule has 10 atom stereocenters. The number of nitrogens with one attached hydrogen (secondary N) is 2. The zero-order valence-electron chi connectivity index (χ0n) is 33.8. The molecule has 2 fully saturated rings. The normalized spacial score (nSPS) is 27.0. The fourth-order valence-corrected chi connectivity index (χ4v) is 6.60. The smallest absolute Gasteiger partial charge is 0.220 e. The lowest BCUT2D eigenvalue weighted by atomic mass is 10.0. The van der Waals surface area contributed by atoms with Crippen LogP contribution in [0.15, 0.2) is 0 Å². The summed E-state index contributed by atoms with van der Waals surface area (Å²) in [4.78, 5) is 24.1. The molecule has 2 heterocycles. The number of amides is 2. The van der Waals surface area contributed by atoms with Gasteiger partial charge in [0.2, 0.25) is 11.8 Å². The minimum atomic E-state index is -0.803. The van der Waals surface area contributed by atoms with Gasteiger partial charge in [0.15, 0.2) is 12.6 Å². The number of aliphatic hydroxyl groups excluding tert-OH is 4. The first-order chi connectivity index (χ1) is 26.0. The van der Waals surface area contributed by atoms with E-state index in [0.29, 0.717) is 52.4 Å². The number of ether oxygens (including phenoxy) is 6. The molecule has 2 saturated heterocycles. The molecule has 0 aromatic carbocycles. The highest BCUT2D eigenvalue weighted by molar-refractivity contribution is 5.76. The first kappa shape index (κ1) is 48.7. The van der Waals surface area contributed by atoms with Crippen LogP contribution in [0.5, 0.6) is 0 Å². The average Bonchev–Trinajstić information content (AvgIpc) is 3.12. The summed E-state index contributed by atoms with van der Waals surface area (Å²) in [5.74, 6) is 0.0901. The maximum atomic E-state index is 12.1. The molecule has 14 nitrogen and oxygen atoms in total. The van der Waals surface area contributed by atoms with Crippen LogP contribution in [0.3, 0.4) is 0 Å². The summed E-state index contributed by atoms with van der Waals surface area (Å²) in [7, 11) is 0. The van der Waals surface area contributed by atoms with E-state index in [9.17, 15) is 30.0 Å². The predicted octanol–water partition coefficient (Wildman–Crippen LogP) is 4.02. The summed E-state index contributed by atoms with van der Waals surface area (Å²) in [6.07, 6.45) is 10.8. The van der Waals surface area contributed by atoms with E-state index in [4.69, 9.17) is 28.4 Å². The number of unbranched alkanes of at least 4 members (excludes halogenated alkanes) is 10. The predicted molar refractivity (Wildman–Crippen MR) is 205 cm³/mol. The van der Waals surface area contributed by atoms with Gasteiger partial charge in [0, 0.05) is 38.8 Å². The van der Waals surface area contributed by atoms with E-state index < -0.39 is 37.0 Å². The Kier molecular flexibility index (Phi) is 26.8. The fourth-order valence-electron chi connectivity index (χ4n) is 6.60. The van der Waals surface area contributed by atoms with Crippen molar-refractivity contribution >= 4 is 11.8 Å². The van der Waals surface area contributed by atoms with Crippen molar-refractivity contribution < 1.29 is 58.4 Å². The van der Waals surface area contributed by atoms with Gasteiger partial charge in [0.05, 0.1) is 63.1 Å². The van der Waals surface area contributed by atoms with E-state index in [1.54, 1.807) is 13.8 Å². The van der Waals surface area contributed by atoms with Crippen LogP contribution in [0.1, 0.15) is 143 Å². The summed E-state index contributed by atoms with van der Waals surface area (Å²) in [6, 6.07) is 0. The lowest BCUT2D eigenvalue weighted by molar-refractivity contribution is -0.273. The fraction of sp³-hybridized carbons (Fsp3) is 0.950. The van der Waals surface area contributed by atoms with Crippen molar-refractivity contribution in [1.29, 1.82) is 0 Å². The molecule has 0 bridgehead atoms. The molecule has 14 heteroatoms. The minimum Gasteiger partial charge on any atom is -0.390 e. The number of aliphatic hydroxyl groups is 4. The molecule has 318 valence electrons. The molecular weight excluding hydrogens is 700 g/mol. The average molecular weight is 777 g/mol. The highest BCUT2D eigenvalue weighted by Gasteiger charge is 2.36. The number of rotatable bonds is 31. The van der Waals surface area contributed by atoms with Crippen molar-refractivity contribution in [3.63, 3.8) is 0 Å². The molecule has 2 aliphatic heterocycles. The van der Waals surface area contributed by atoms with Crippen LogP contribution >= 0.6 is 0 Å². The zero-order valence-corrected chi connectivity index (χ0v) is 33.8. The van der Waals surface area contributed by atoms with E-state index in [-0.39, 0.29) is 49.1 Å². The zero-order chi connectivity index (χ0) is 39.6. The second-order valence-corrected chi connectivity index (χ2v) is 15.3. The van der Waals surface area contributed by atoms with Gasteiger partial charge in [0.1, 0.15) is 12.2 Å². The van der Waals surface area contributed by atoms with Gasteiger partial charge < -0.3 is 59.5 Å². The van der Waals surface area contributed by atoms with Gasteiger partial charge in [-0.15, -0.1) is 0 Å². The Morgan fingerprint density at radius 1 is 0.556 bits per heavy atom. The van der Waals surface area contributed by atoms with Crippen LogP contribution in [-0.2, 0) is 38.0 Å². The highest BCUT2D eigenvalue weighted by atomic mass is 16.7. The Labute approximate surface area is 324 Å². The highest BCUT2D eigenvalue weighted by Crippen LogP contribution is 2.24. The van der Waals surface area contributed by atoms with Crippen LogP contribution in [0, 0.1) is 0 Å². The lowest BCUT2D eigenvalue weighted by Crippen LogP contribution is -2.48. The van der Waals surface area contributed by atoms with Crippen molar-refractivity contribution in [1.82, 2.24) is 10.6 Å². The van der Waals surface area contributed by atoms with Crippen LogP contribution in [0.2, 0.25) is 0 Å². The quantitative estimate of drug-likeness (QED) is 0.0555. The monoisotopic (exact) mass is 777 g/mol. The molecule has 2 rings (SSSR count). The number of hydrogen-bond donors (Lipinski definition) is 6. The molecule has 2 amide bonds. The molecule has 0 spiro atoms. The van der Waals surface area contributed by atoms with Crippen molar-refractivity contribution in [2.24, 2.45) is 0 Å². The van der Waals surface area contributed by atoms with E-state index in [1.165, 1.54) is 0 Å². The third-order valence-electron chi connectivity index (χ3n) is 10.1. The van der Waals surface area contributed by atoms with Crippen LogP contribution < -0.4 is 10.6 Å². The second-order valence-electron chi connectivity index (χ2n) is 15.3. The Bertz CT molecular complexity index is 890. The van der Waals surface area contributed by atoms with E-state index in [2.05, 4.69) is 10.6 Å². The molecule has 0 saturated carbocycles. The molecule has 54 heavy (non-hydrogen) atoms. The van der Waals surface area contributed by atoms with Gasteiger partial charge in [0.25, 0.3) is 0 Å². The second kappa shape index (κ2) is 29.7. The summed E-state index contributed by atoms with van der Waals surface area (Å²) >= 11 is 0. The third-order valence-corrected chi connectivity index (χ3v) is 10.1. The van der Waals surface area contributed by atoms with Crippen LogP contribution in [-0.4, -0.2) is 133 Å². The maximum absolute atomic E-state index is 12.1. The van der Waals surface area contributed by atoms with Crippen molar-refractivity contribution in [2.45, 2.75) is 205 Å². The van der Waals surface area contributed by atoms with Crippen LogP contribution in [0.4, 0.5) is 0 Å². The SMILES string of the molecule is C[C@H](CCCCCCCCC(=O)NCCOCCOCCNC(=O)CCCCCCCC[C@@H](C)O[C@@H]1O[C@@H](C)[C@H](O)C[C@H]1O)OC1O[C@H](C)[C@@H](O)C[C@@H]1O. The number of carbonyl (C=O) groups is 2. The summed E-state index contributed by atoms with van der Waals surface area (Å²) in [5, 5.41) is 45.5. The molecule has 6 N–H and O–H groups in total. The van der Waals surface area contributed by atoms with E-state index in [1.807, 2.05) is 13.8 Å². The molecule has 0 aliphatic carbocycles. The number of carbonyl (C=O) groups excluding carboxylic acids is 2. The van der Waals surface area contributed by atoms with Crippen LogP contribution in [0.25, 0.3) is 0 Å².